The molecule has 1 aliphatic heterocycles. The highest BCUT2D eigenvalue weighted by Gasteiger charge is 2.43. The van der Waals surface area contributed by atoms with Gasteiger partial charge < -0.3 is 31.0 Å². The summed E-state index contributed by atoms with van der Waals surface area (Å²) in [7, 11) is -3.82. The first kappa shape index (κ1) is 39.6. The predicted molar refractivity (Wildman–Crippen MR) is 192 cm³/mol. The van der Waals surface area contributed by atoms with E-state index in [4.69, 9.17) is 22.1 Å². The third kappa shape index (κ3) is 12.8. The van der Waals surface area contributed by atoms with E-state index in [0.29, 0.717) is 43.1 Å². The number of aromatic amines is 1. The molecule has 0 aliphatic carbocycles. The molecule has 4 rings (SSSR count). The molecule has 1 aromatic heterocycles. The first-order valence-corrected chi connectivity index (χ1v) is 19.2. The summed E-state index contributed by atoms with van der Waals surface area (Å²) in [6, 6.07) is 12.9. The summed E-state index contributed by atoms with van der Waals surface area (Å²) >= 11 is 6.02. The van der Waals surface area contributed by atoms with Crippen molar-refractivity contribution in [3.05, 3.63) is 89.0 Å². The van der Waals surface area contributed by atoms with E-state index in [1.165, 1.54) is 4.90 Å². The number of benzene rings is 2. The zero-order chi connectivity index (χ0) is 36.8. The molecule has 0 spiro atoms. The number of unbranched alkanes of at least 4 members (excludes halogenated alkanes) is 1. The Hall–Kier alpha value is -4.15. The maximum absolute atomic E-state index is 14.2. The normalized spacial score (nSPS) is 17.1. The average molecular weight is 744 g/mol. The molecule has 1 saturated heterocycles. The molecule has 1 aliphatic rings. The highest BCUT2D eigenvalue weighted by atomic mass is 35.5. The summed E-state index contributed by atoms with van der Waals surface area (Å²) in [5, 5.41) is 5.87. The molecular formula is C35H46ClN7O7S. The second-order valence-corrected chi connectivity index (χ2v) is 14.7. The third-order valence-electron chi connectivity index (χ3n) is 8.47. The second kappa shape index (κ2) is 19.5. The van der Waals surface area contributed by atoms with E-state index in [0.717, 1.165) is 17.4 Å². The summed E-state index contributed by atoms with van der Waals surface area (Å²) in [5.74, 6) is -2.30. The van der Waals surface area contributed by atoms with Crippen LogP contribution in [-0.2, 0) is 53.4 Å². The van der Waals surface area contributed by atoms with Crippen molar-refractivity contribution in [1.29, 1.82) is 0 Å². The van der Waals surface area contributed by atoms with E-state index in [9.17, 15) is 27.6 Å². The highest BCUT2D eigenvalue weighted by molar-refractivity contribution is 7.88. The summed E-state index contributed by atoms with van der Waals surface area (Å²) in [6.07, 6.45) is 5.78. The number of halogens is 1. The SMILES string of the molecule is CS(=O)(=O)N[C@H](CCc1ccccc1)C(=O)N1C[C@H](OCc2ccc(Cl)cc2)C[C@H]1C(=O)N[C@@H](CCCCN)C(=O)C(=O)NCCc1ncc[nH]1. The number of likely N-dealkylation sites (tertiary alicyclic amines) is 1. The molecule has 3 amide bonds. The lowest BCUT2D eigenvalue weighted by atomic mass is 10.0. The number of hydrogen-bond donors (Lipinski definition) is 5. The van der Waals surface area contributed by atoms with Gasteiger partial charge in [0.25, 0.3) is 5.91 Å². The van der Waals surface area contributed by atoms with Crippen molar-refractivity contribution in [2.24, 2.45) is 5.73 Å². The Bertz CT molecular complexity index is 1690. The molecule has 2 aromatic carbocycles. The van der Waals surface area contributed by atoms with E-state index < -0.39 is 57.8 Å². The van der Waals surface area contributed by atoms with Gasteiger partial charge in [-0.1, -0.05) is 54.1 Å². The Balaban J connectivity index is 1.52. The molecule has 3 aromatic rings. The number of aryl methyl sites for hydroxylation is 1. The Morgan fingerprint density at radius 2 is 1.76 bits per heavy atom. The summed E-state index contributed by atoms with van der Waals surface area (Å²) in [4.78, 5) is 62.8. The van der Waals surface area contributed by atoms with Gasteiger partial charge >= 0.3 is 0 Å². The van der Waals surface area contributed by atoms with Crippen LogP contribution < -0.4 is 21.1 Å². The van der Waals surface area contributed by atoms with Crippen LogP contribution in [0.1, 0.15) is 49.1 Å². The number of H-pyrrole nitrogens is 1. The van der Waals surface area contributed by atoms with Gasteiger partial charge in [-0.3, -0.25) is 19.2 Å². The summed E-state index contributed by atoms with van der Waals surface area (Å²) in [6.45, 7) is 0.683. The number of nitrogens with one attached hydrogen (secondary N) is 4. The minimum Gasteiger partial charge on any atom is -0.372 e. The van der Waals surface area contributed by atoms with Crippen LogP contribution in [-0.4, -0.2) is 96.9 Å². The monoisotopic (exact) mass is 743 g/mol. The van der Waals surface area contributed by atoms with Crippen LogP contribution in [0.5, 0.6) is 0 Å². The van der Waals surface area contributed by atoms with Gasteiger partial charge in [0.15, 0.2) is 0 Å². The van der Waals surface area contributed by atoms with E-state index in [1.807, 2.05) is 30.3 Å². The molecule has 6 N–H and O–H groups in total. The van der Waals surface area contributed by atoms with Crippen molar-refractivity contribution in [3.8, 4) is 0 Å². The van der Waals surface area contributed by atoms with Gasteiger partial charge in [-0.15, -0.1) is 0 Å². The van der Waals surface area contributed by atoms with Gasteiger partial charge in [0.1, 0.15) is 17.9 Å². The number of ketones is 1. The van der Waals surface area contributed by atoms with Gasteiger partial charge in [-0.2, -0.15) is 0 Å². The maximum Gasteiger partial charge on any atom is 0.289 e. The quantitative estimate of drug-likeness (QED) is 0.0842. The van der Waals surface area contributed by atoms with Gasteiger partial charge in [0.05, 0.1) is 25.0 Å². The molecule has 16 heteroatoms. The van der Waals surface area contributed by atoms with Crippen LogP contribution in [0, 0.1) is 0 Å². The zero-order valence-electron chi connectivity index (χ0n) is 28.6. The second-order valence-electron chi connectivity index (χ2n) is 12.5. The van der Waals surface area contributed by atoms with Crippen molar-refractivity contribution in [3.63, 3.8) is 0 Å². The molecule has 4 atom stereocenters. The molecule has 51 heavy (non-hydrogen) atoms. The molecule has 2 heterocycles. The molecule has 0 unspecified atom stereocenters. The zero-order valence-corrected chi connectivity index (χ0v) is 30.1. The molecule has 0 bridgehead atoms. The lowest BCUT2D eigenvalue weighted by molar-refractivity contribution is -0.142. The highest BCUT2D eigenvalue weighted by Crippen LogP contribution is 2.25. The minimum atomic E-state index is -3.82. The van der Waals surface area contributed by atoms with E-state index >= 15 is 0 Å². The van der Waals surface area contributed by atoms with Gasteiger partial charge in [0.2, 0.25) is 27.6 Å². The number of aromatic nitrogens is 2. The lowest BCUT2D eigenvalue weighted by Gasteiger charge is -2.29. The molecule has 14 nitrogen and oxygen atoms in total. The van der Waals surface area contributed by atoms with E-state index in [2.05, 4.69) is 25.3 Å². The number of carbonyl (C=O) groups is 4. The summed E-state index contributed by atoms with van der Waals surface area (Å²) < 4.78 is 33.4. The van der Waals surface area contributed by atoms with Crippen LogP contribution in [0.15, 0.2) is 67.0 Å². The summed E-state index contributed by atoms with van der Waals surface area (Å²) in [5.41, 5.74) is 7.40. The minimum absolute atomic E-state index is 0.00313. The number of carbonyl (C=O) groups excluding carboxylic acids is 4. The van der Waals surface area contributed by atoms with Crippen molar-refractivity contribution in [2.45, 2.75) is 75.8 Å². The predicted octanol–water partition coefficient (Wildman–Crippen LogP) is 1.64. The Morgan fingerprint density at radius 3 is 2.43 bits per heavy atom. The van der Waals surface area contributed by atoms with Gasteiger partial charge in [0, 0.05) is 43.3 Å². The van der Waals surface area contributed by atoms with Crippen LogP contribution in [0.4, 0.5) is 0 Å². The fraction of sp³-hybridized carbons (Fsp3) is 0.457. The fourth-order valence-corrected chi connectivity index (χ4v) is 6.72. The van der Waals surface area contributed by atoms with Crippen molar-refractivity contribution < 1.29 is 32.3 Å². The first-order chi connectivity index (χ1) is 24.4. The molecule has 0 saturated carbocycles. The Kier molecular flexibility index (Phi) is 15.1. The molecule has 1 fully saturated rings. The van der Waals surface area contributed by atoms with Gasteiger partial charge in [-0.25, -0.2) is 18.1 Å². The number of rotatable bonds is 20. The Morgan fingerprint density at radius 1 is 1.02 bits per heavy atom. The topological polar surface area (TPSA) is 206 Å². The van der Waals surface area contributed by atoms with Gasteiger partial charge in [-0.05, 0) is 61.9 Å². The number of imidazole rings is 1. The third-order valence-corrected chi connectivity index (χ3v) is 9.44. The molecule has 0 radical (unpaired) electrons. The number of hydrogen-bond acceptors (Lipinski definition) is 9. The van der Waals surface area contributed by atoms with Crippen LogP contribution in [0.2, 0.25) is 5.02 Å². The van der Waals surface area contributed by atoms with Crippen LogP contribution in [0.3, 0.4) is 0 Å². The smallest absolute Gasteiger partial charge is 0.289 e. The number of nitrogens with two attached hydrogens (primary N) is 1. The number of ether oxygens (including phenoxy) is 1. The lowest BCUT2D eigenvalue weighted by Crippen LogP contribution is -2.56. The van der Waals surface area contributed by atoms with Crippen molar-refractivity contribution in [2.75, 3.05) is 25.9 Å². The number of Topliss-reactive ketones (excluding diaryl/α,β-unsaturated/α-hetero) is 1. The molecule has 276 valence electrons. The maximum atomic E-state index is 14.2. The van der Waals surface area contributed by atoms with Crippen molar-refractivity contribution in [1.82, 2.24) is 30.2 Å². The first-order valence-electron chi connectivity index (χ1n) is 16.9. The average Bonchev–Trinajstić information content (AvgIpc) is 3.79. The largest absolute Gasteiger partial charge is 0.372 e. The standard InChI is InChI=1S/C35H46ClN7O7S/c1-51(48,49)42-29(15-12-24-7-3-2-4-8-24)35(47)43-22-27(50-23-25-10-13-26(36)14-11-25)21-30(43)33(45)41-28(9-5-6-17-37)32(44)34(46)40-18-16-31-38-19-20-39-31/h2-4,7-8,10-11,13-14,19-20,27-30,42H,5-6,9,12,15-18,21-23,37H2,1H3,(H,38,39)(H,40,46)(H,41,45)/t27-,28+,29-,30+/m1/s1. The Labute approximate surface area is 303 Å². The number of nitrogens with zero attached hydrogens (tertiary/aromatic N) is 2. The number of sulfonamides is 1. The number of amides is 3. The van der Waals surface area contributed by atoms with E-state index in [-0.39, 0.29) is 39.0 Å². The van der Waals surface area contributed by atoms with Crippen LogP contribution in [0.25, 0.3) is 0 Å². The van der Waals surface area contributed by atoms with Crippen molar-refractivity contribution >= 4 is 45.1 Å². The van der Waals surface area contributed by atoms with Crippen LogP contribution >= 0.6 is 11.6 Å². The molecular weight excluding hydrogens is 698 g/mol. The fourth-order valence-electron chi connectivity index (χ4n) is 5.86. The van der Waals surface area contributed by atoms with E-state index in [1.54, 1.807) is 36.7 Å².